The molecule has 32 heavy (non-hydrogen) atoms. The Balaban J connectivity index is 1.26. The van der Waals surface area contributed by atoms with Crippen LogP contribution < -0.4 is 9.47 Å². The monoisotopic (exact) mass is 443 g/mol. The maximum Gasteiger partial charge on any atom is 0.314 e. The van der Waals surface area contributed by atoms with Crippen LogP contribution in [-0.4, -0.2) is 18.1 Å². The normalized spacial score (nSPS) is 25.9. The van der Waals surface area contributed by atoms with Crippen molar-refractivity contribution < 1.29 is 14.3 Å². The van der Waals surface area contributed by atoms with Gasteiger partial charge >= 0.3 is 5.97 Å². The number of methoxy groups -OCH3 is 1. The van der Waals surface area contributed by atoms with Gasteiger partial charge in [0.25, 0.3) is 0 Å². The van der Waals surface area contributed by atoms with Crippen LogP contribution in [0.4, 0.5) is 0 Å². The van der Waals surface area contributed by atoms with Crippen LogP contribution in [0.5, 0.6) is 11.6 Å². The fourth-order valence-corrected chi connectivity index (χ4v) is 5.75. The molecule has 2 fully saturated rings. The number of carbonyl (C=O) groups is 1. The van der Waals surface area contributed by atoms with E-state index in [9.17, 15) is 4.79 Å². The van der Waals surface area contributed by atoms with E-state index < -0.39 is 0 Å². The van der Waals surface area contributed by atoms with E-state index in [0.717, 1.165) is 30.6 Å². The van der Waals surface area contributed by atoms with Crippen molar-refractivity contribution in [3.63, 3.8) is 0 Å². The molecule has 1 aromatic rings. The molecule has 2 aliphatic carbocycles. The number of nitrogens with zero attached hydrogens (tertiary/aromatic N) is 1. The number of unbranched alkanes of at least 4 members (excludes halogenated alkanes) is 4. The van der Waals surface area contributed by atoms with Crippen LogP contribution in [0.2, 0.25) is 0 Å². The molecule has 0 unspecified atom stereocenters. The second-order valence-electron chi connectivity index (χ2n) is 10.3. The molecular weight excluding hydrogens is 398 g/mol. The smallest absolute Gasteiger partial charge is 0.314 e. The van der Waals surface area contributed by atoms with E-state index in [0.29, 0.717) is 11.6 Å². The third kappa shape index (κ3) is 8.41. The lowest BCUT2D eigenvalue weighted by Gasteiger charge is -2.31. The lowest BCUT2D eigenvalue weighted by atomic mass is 9.75. The van der Waals surface area contributed by atoms with Crippen LogP contribution in [0.1, 0.15) is 110 Å². The molecule has 0 aromatic carbocycles. The minimum Gasteiger partial charge on any atom is -0.481 e. The zero-order valence-corrected chi connectivity index (χ0v) is 20.5. The van der Waals surface area contributed by atoms with Gasteiger partial charge in [-0.05, 0) is 49.5 Å². The van der Waals surface area contributed by atoms with Crippen molar-refractivity contribution in [2.45, 2.75) is 110 Å². The average molecular weight is 444 g/mol. The standard InChI is InChI=1S/C28H45NO3/c1-3-4-5-6-7-8-22-9-11-23(12-10-22)13-14-24-15-17-25(18-16-24)28(30)32-26-19-20-27(31-2)29-21-26/h19-25H,3-18H2,1-2H3. The molecule has 2 aliphatic rings. The molecule has 0 saturated heterocycles. The molecule has 1 heterocycles. The summed E-state index contributed by atoms with van der Waals surface area (Å²) in [6.45, 7) is 2.29. The summed E-state index contributed by atoms with van der Waals surface area (Å²) in [5.41, 5.74) is 0. The number of hydrogen-bond acceptors (Lipinski definition) is 4. The highest BCUT2D eigenvalue weighted by atomic mass is 16.5. The molecule has 180 valence electrons. The number of pyridine rings is 1. The van der Waals surface area contributed by atoms with Crippen molar-refractivity contribution in [2.75, 3.05) is 7.11 Å². The highest BCUT2D eigenvalue weighted by Crippen LogP contribution is 2.38. The van der Waals surface area contributed by atoms with E-state index in [1.807, 2.05) is 0 Å². The summed E-state index contributed by atoms with van der Waals surface area (Å²) in [6, 6.07) is 3.47. The summed E-state index contributed by atoms with van der Waals surface area (Å²) in [5.74, 6) is 3.75. The second-order valence-corrected chi connectivity index (χ2v) is 10.3. The van der Waals surface area contributed by atoms with E-state index in [1.165, 1.54) is 89.9 Å². The fourth-order valence-electron chi connectivity index (χ4n) is 5.75. The molecular formula is C28H45NO3. The van der Waals surface area contributed by atoms with E-state index in [2.05, 4.69) is 11.9 Å². The van der Waals surface area contributed by atoms with Gasteiger partial charge in [0.2, 0.25) is 5.88 Å². The third-order valence-corrected chi connectivity index (χ3v) is 7.98. The Hall–Kier alpha value is -1.58. The number of aromatic nitrogens is 1. The van der Waals surface area contributed by atoms with Crippen LogP contribution in [0.15, 0.2) is 18.3 Å². The molecule has 0 N–H and O–H groups in total. The predicted octanol–water partition coefficient (Wildman–Crippen LogP) is 7.75. The highest BCUT2D eigenvalue weighted by molar-refractivity contribution is 5.75. The van der Waals surface area contributed by atoms with Crippen LogP contribution in [0.25, 0.3) is 0 Å². The molecule has 0 spiro atoms. The number of rotatable bonds is 12. The van der Waals surface area contributed by atoms with Gasteiger partial charge in [0, 0.05) is 6.07 Å². The zero-order chi connectivity index (χ0) is 22.6. The van der Waals surface area contributed by atoms with Gasteiger partial charge in [0.05, 0.1) is 19.2 Å². The number of hydrogen-bond donors (Lipinski definition) is 0. The second kappa shape index (κ2) is 13.9. The molecule has 0 aliphatic heterocycles. The van der Waals surface area contributed by atoms with Gasteiger partial charge < -0.3 is 9.47 Å². The third-order valence-electron chi connectivity index (χ3n) is 7.98. The Morgan fingerprint density at radius 3 is 2.00 bits per heavy atom. The topological polar surface area (TPSA) is 48.4 Å². The number of esters is 1. The minimum atomic E-state index is -0.0940. The summed E-state index contributed by atoms with van der Waals surface area (Å²) in [6.07, 6.45) is 23.0. The van der Waals surface area contributed by atoms with Crippen molar-refractivity contribution in [3.8, 4) is 11.6 Å². The van der Waals surface area contributed by atoms with Crippen molar-refractivity contribution >= 4 is 5.97 Å². The molecule has 0 atom stereocenters. The van der Waals surface area contributed by atoms with Gasteiger partial charge in [0.1, 0.15) is 5.75 Å². The molecule has 1 aromatic heterocycles. The van der Waals surface area contributed by atoms with Crippen molar-refractivity contribution in [1.82, 2.24) is 4.98 Å². The predicted molar refractivity (Wildman–Crippen MR) is 130 cm³/mol. The van der Waals surface area contributed by atoms with E-state index >= 15 is 0 Å². The summed E-state index contributed by atoms with van der Waals surface area (Å²) in [7, 11) is 1.58. The van der Waals surface area contributed by atoms with Crippen LogP contribution in [0.3, 0.4) is 0 Å². The minimum absolute atomic E-state index is 0.0427. The van der Waals surface area contributed by atoms with Crippen LogP contribution >= 0.6 is 0 Å². The Morgan fingerprint density at radius 1 is 0.844 bits per heavy atom. The summed E-state index contributed by atoms with van der Waals surface area (Å²) < 4.78 is 10.6. The SMILES string of the molecule is CCCCCCCC1CCC(CCC2CCC(C(=O)Oc3ccc(OC)nc3)CC2)CC1. The number of carbonyl (C=O) groups excluding carboxylic acids is 1. The van der Waals surface area contributed by atoms with Gasteiger partial charge in [-0.15, -0.1) is 0 Å². The molecule has 4 nitrogen and oxygen atoms in total. The van der Waals surface area contributed by atoms with Crippen molar-refractivity contribution in [1.29, 1.82) is 0 Å². The average Bonchev–Trinajstić information content (AvgIpc) is 2.84. The zero-order valence-electron chi connectivity index (χ0n) is 20.5. The molecule has 4 heteroatoms. The first-order valence-corrected chi connectivity index (χ1v) is 13.4. The van der Waals surface area contributed by atoms with Crippen molar-refractivity contribution in [2.24, 2.45) is 23.7 Å². The summed E-state index contributed by atoms with van der Waals surface area (Å²) in [5, 5.41) is 0. The van der Waals surface area contributed by atoms with Gasteiger partial charge in [-0.25, -0.2) is 4.98 Å². The van der Waals surface area contributed by atoms with Crippen molar-refractivity contribution in [3.05, 3.63) is 18.3 Å². The van der Waals surface area contributed by atoms with E-state index in [4.69, 9.17) is 9.47 Å². The fraction of sp³-hybridized carbons (Fsp3) is 0.786. The van der Waals surface area contributed by atoms with Crippen LogP contribution in [-0.2, 0) is 4.79 Å². The van der Waals surface area contributed by atoms with E-state index in [1.54, 1.807) is 25.4 Å². The number of ether oxygens (including phenoxy) is 2. The first-order chi connectivity index (χ1) is 15.7. The van der Waals surface area contributed by atoms with Gasteiger partial charge in [-0.1, -0.05) is 84.0 Å². The largest absolute Gasteiger partial charge is 0.481 e. The van der Waals surface area contributed by atoms with Gasteiger partial charge in [-0.3, -0.25) is 4.79 Å². The molecule has 3 rings (SSSR count). The Kier molecular flexibility index (Phi) is 10.8. The summed E-state index contributed by atoms with van der Waals surface area (Å²) >= 11 is 0. The Morgan fingerprint density at radius 2 is 1.44 bits per heavy atom. The molecule has 0 bridgehead atoms. The highest BCUT2D eigenvalue weighted by Gasteiger charge is 2.29. The quantitative estimate of drug-likeness (QED) is 0.245. The maximum absolute atomic E-state index is 12.5. The lowest BCUT2D eigenvalue weighted by Crippen LogP contribution is -2.26. The van der Waals surface area contributed by atoms with Crippen LogP contribution in [0, 0.1) is 23.7 Å². The molecule has 2 saturated carbocycles. The van der Waals surface area contributed by atoms with Gasteiger partial charge in [-0.2, -0.15) is 0 Å². The first kappa shape index (κ1) is 25.1. The maximum atomic E-state index is 12.5. The first-order valence-electron chi connectivity index (χ1n) is 13.4. The Bertz CT molecular complexity index is 643. The molecule has 0 radical (unpaired) electrons. The molecule has 0 amide bonds. The summed E-state index contributed by atoms with van der Waals surface area (Å²) in [4.78, 5) is 16.6. The van der Waals surface area contributed by atoms with Gasteiger partial charge in [0.15, 0.2) is 0 Å². The lowest BCUT2D eigenvalue weighted by molar-refractivity contribution is -0.140. The Labute approximate surface area is 195 Å². The van der Waals surface area contributed by atoms with E-state index in [-0.39, 0.29) is 11.9 Å².